The average Bonchev–Trinajstić information content (AvgIpc) is 2.82. The minimum Gasteiger partial charge on any atom is -0.299 e. The molecule has 0 N–H and O–H groups in total. The fourth-order valence-corrected chi connectivity index (χ4v) is 2.70. The van der Waals surface area contributed by atoms with Crippen LogP contribution in [-0.2, 0) is 4.79 Å². The van der Waals surface area contributed by atoms with E-state index in [1.165, 1.54) is 24.0 Å². The molecular formula is C17H22O. The second-order valence-electron chi connectivity index (χ2n) is 5.08. The number of unbranched alkanes of at least 4 members (excludes halogenated alkanes) is 2. The van der Waals surface area contributed by atoms with E-state index in [0.717, 1.165) is 25.7 Å². The van der Waals surface area contributed by atoms with Crippen molar-refractivity contribution in [3.63, 3.8) is 0 Å². The first-order valence-electron chi connectivity index (χ1n) is 7.11. The van der Waals surface area contributed by atoms with Crippen molar-refractivity contribution in [3.05, 3.63) is 42.0 Å². The Hall–Kier alpha value is -1.37. The van der Waals surface area contributed by atoms with Crippen LogP contribution in [0.15, 0.2) is 36.4 Å². The predicted molar refractivity (Wildman–Crippen MR) is 76.3 cm³/mol. The molecule has 96 valence electrons. The normalized spacial score (nSPS) is 20.4. The Morgan fingerprint density at radius 2 is 2.11 bits per heavy atom. The zero-order valence-electron chi connectivity index (χ0n) is 11.2. The average molecular weight is 242 g/mol. The van der Waals surface area contributed by atoms with Crippen molar-refractivity contribution in [1.82, 2.24) is 0 Å². The Kier molecular flexibility index (Phi) is 4.74. The van der Waals surface area contributed by atoms with Crippen LogP contribution < -0.4 is 0 Å². The fraction of sp³-hybridized carbons (Fsp3) is 0.471. The molecule has 1 aromatic rings. The molecule has 18 heavy (non-hydrogen) atoms. The van der Waals surface area contributed by atoms with Gasteiger partial charge in [-0.15, -0.1) is 0 Å². The number of hydrogen-bond acceptors (Lipinski definition) is 1. The third-order valence-electron chi connectivity index (χ3n) is 3.71. The van der Waals surface area contributed by atoms with Crippen molar-refractivity contribution < 1.29 is 4.79 Å². The molecule has 2 rings (SSSR count). The summed E-state index contributed by atoms with van der Waals surface area (Å²) < 4.78 is 0. The highest BCUT2D eigenvalue weighted by Gasteiger charge is 2.28. The van der Waals surface area contributed by atoms with Crippen molar-refractivity contribution in [1.29, 1.82) is 0 Å². The van der Waals surface area contributed by atoms with Crippen LogP contribution in [0.5, 0.6) is 0 Å². The van der Waals surface area contributed by atoms with Crippen molar-refractivity contribution in [3.8, 4) is 0 Å². The molecule has 0 bridgehead atoms. The molecule has 1 nitrogen and oxygen atoms in total. The SMILES string of the molecule is CCCC/C=C(\c1ccccc1)[C@H]1CCCC1=O. The Balaban J connectivity index is 2.23. The molecule has 0 aromatic heterocycles. The summed E-state index contributed by atoms with van der Waals surface area (Å²) in [4.78, 5) is 12.0. The van der Waals surface area contributed by atoms with Gasteiger partial charge in [0.2, 0.25) is 0 Å². The molecule has 1 heteroatoms. The second kappa shape index (κ2) is 6.53. The maximum Gasteiger partial charge on any atom is 0.140 e. The topological polar surface area (TPSA) is 17.1 Å². The van der Waals surface area contributed by atoms with Gasteiger partial charge in [0.15, 0.2) is 0 Å². The zero-order chi connectivity index (χ0) is 12.8. The summed E-state index contributed by atoms with van der Waals surface area (Å²) in [7, 11) is 0. The first kappa shape index (κ1) is 13.1. The monoisotopic (exact) mass is 242 g/mol. The van der Waals surface area contributed by atoms with Gasteiger partial charge in [0, 0.05) is 12.3 Å². The molecule has 1 aliphatic carbocycles. The second-order valence-corrected chi connectivity index (χ2v) is 5.08. The third-order valence-corrected chi connectivity index (χ3v) is 3.71. The van der Waals surface area contributed by atoms with Crippen LogP contribution in [-0.4, -0.2) is 5.78 Å². The van der Waals surface area contributed by atoms with E-state index in [-0.39, 0.29) is 5.92 Å². The van der Waals surface area contributed by atoms with Crippen LogP contribution in [0.1, 0.15) is 51.0 Å². The largest absolute Gasteiger partial charge is 0.299 e. The number of benzene rings is 1. The third kappa shape index (κ3) is 3.10. The van der Waals surface area contributed by atoms with Crippen molar-refractivity contribution in [2.24, 2.45) is 5.92 Å². The van der Waals surface area contributed by atoms with Crippen LogP contribution in [0.3, 0.4) is 0 Å². The van der Waals surface area contributed by atoms with E-state index in [4.69, 9.17) is 0 Å². The molecule has 0 saturated heterocycles. The van der Waals surface area contributed by atoms with E-state index >= 15 is 0 Å². The highest BCUT2D eigenvalue weighted by Crippen LogP contribution is 2.34. The lowest BCUT2D eigenvalue weighted by Crippen LogP contribution is -2.08. The molecule has 1 aromatic carbocycles. The van der Waals surface area contributed by atoms with Gasteiger partial charge < -0.3 is 0 Å². The molecule has 1 fully saturated rings. The lowest BCUT2D eigenvalue weighted by Gasteiger charge is -2.14. The van der Waals surface area contributed by atoms with Crippen molar-refractivity contribution >= 4 is 11.4 Å². The van der Waals surface area contributed by atoms with Crippen LogP contribution in [0.25, 0.3) is 5.57 Å². The van der Waals surface area contributed by atoms with Gasteiger partial charge in [-0.2, -0.15) is 0 Å². The summed E-state index contributed by atoms with van der Waals surface area (Å²) in [6.45, 7) is 2.21. The summed E-state index contributed by atoms with van der Waals surface area (Å²) in [5, 5.41) is 0. The molecule has 0 unspecified atom stereocenters. The van der Waals surface area contributed by atoms with Crippen molar-refractivity contribution in [2.75, 3.05) is 0 Å². The van der Waals surface area contributed by atoms with Gasteiger partial charge in [0.25, 0.3) is 0 Å². The molecule has 1 aliphatic rings. The number of rotatable bonds is 5. The van der Waals surface area contributed by atoms with Crippen LogP contribution in [0.2, 0.25) is 0 Å². The molecule has 0 heterocycles. The summed E-state index contributed by atoms with van der Waals surface area (Å²) in [5.41, 5.74) is 2.50. The Morgan fingerprint density at radius 1 is 1.33 bits per heavy atom. The van der Waals surface area contributed by atoms with Crippen LogP contribution in [0.4, 0.5) is 0 Å². The van der Waals surface area contributed by atoms with Gasteiger partial charge >= 0.3 is 0 Å². The lowest BCUT2D eigenvalue weighted by molar-refractivity contribution is -0.119. The van der Waals surface area contributed by atoms with Gasteiger partial charge in [-0.3, -0.25) is 4.79 Å². The summed E-state index contributed by atoms with van der Waals surface area (Å²) >= 11 is 0. The number of carbonyl (C=O) groups is 1. The molecule has 0 radical (unpaired) electrons. The number of Topliss-reactive ketones (excluding diaryl/α,β-unsaturated/α-hetero) is 1. The quantitative estimate of drug-likeness (QED) is 0.688. The van der Waals surface area contributed by atoms with E-state index < -0.39 is 0 Å². The summed E-state index contributed by atoms with van der Waals surface area (Å²) in [5.74, 6) is 0.589. The van der Waals surface area contributed by atoms with Crippen molar-refractivity contribution in [2.45, 2.75) is 45.4 Å². The maximum absolute atomic E-state index is 12.0. The lowest BCUT2D eigenvalue weighted by atomic mass is 9.89. The first-order valence-corrected chi connectivity index (χ1v) is 7.11. The maximum atomic E-state index is 12.0. The highest BCUT2D eigenvalue weighted by molar-refractivity contribution is 5.94. The molecule has 1 atom stereocenters. The van der Waals surface area contributed by atoms with Gasteiger partial charge in [0.05, 0.1) is 0 Å². The van der Waals surface area contributed by atoms with Gasteiger partial charge in [-0.05, 0) is 30.4 Å². The molecule has 1 saturated carbocycles. The van der Waals surface area contributed by atoms with Crippen LogP contribution in [0, 0.1) is 5.92 Å². The number of hydrogen-bond donors (Lipinski definition) is 0. The van der Waals surface area contributed by atoms with Gasteiger partial charge in [-0.25, -0.2) is 0 Å². The van der Waals surface area contributed by atoms with E-state index in [0.29, 0.717) is 5.78 Å². The Morgan fingerprint density at radius 3 is 2.72 bits per heavy atom. The number of allylic oxidation sites excluding steroid dienone is 2. The molecule has 0 amide bonds. The Labute approximate surface area is 110 Å². The molecule has 0 aliphatic heterocycles. The van der Waals surface area contributed by atoms with Gasteiger partial charge in [0.1, 0.15) is 5.78 Å². The minimum atomic E-state index is 0.157. The van der Waals surface area contributed by atoms with Crippen LogP contribution >= 0.6 is 0 Å². The molecular weight excluding hydrogens is 220 g/mol. The first-order chi connectivity index (χ1) is 8.83. The van der Waals surface area contributed by atoms with E-state index in [9.17, 15) is 4.79 Å². The highest BCUT2D eigenvalue weighted by atomic mass is 16.1. The van der Waals surface area contributed by atoms with E-state index in [2.05, 4.69) is 37.3 Å². The predicted octanol–water partition coefficient (Wildman–Crippen LogP) is 4.63. The number of carbonyl (C=O) groups excluding carboxylic acids is 1. The fourth-order valence-electron chi connectivity index (χ4n) is 2.70. The minimum absolute atomic E-state index is 0.157. The number of ketones is 1. The van der Waals surface area contributed by atoms with E-state index in [1.54, 1.807) is 0 Å². The summed E-state index contributed by atoms with van der Waals surface area (Å²) in [6.07, 6.45) is 8.65. The standard InChI is InChI=1S/C17H22O/c1-2-3-5-11-15(14-9-6-4-7-10-14)16-12-8-13-17(16)18/h4,6-7,9-11,16H,2-3,5,8,12-13H2,1H3/b15-11+/t16-/m1/s1. The van der Waals surface area contributed by atoms with E-state index in [1.807, 2.05) is 6.07 Å². The van der Waals surface area contributed by atoms with Gasteiger partial charge in [-0.1, -0.05) is 56.2 Å². The molecule has 0 spiro atoms. The zero-order valence-corrected chi connectivity index (χ0v) is 11.2. The Bertz CT molecular complexity index is 416. The summed E-state index contributed by atoms with van der Waals surface area (Å²) in [6, 6.07) is 10.4. The smallest absolute Gasteiger partial charge is 0.140 e.